The summed E-state index contributed by atoms with van der Waals surface area (Å²) in [5.41, 5.74) is 14.1. The molecule has 6 rings (SSSR count). The van der Waals surface area contributed by atoms with Crippen molar-refractivity contribution in [3.8, 4) is 0 Å². The fourth-order valence-corrected chi connectivity index (χ4v) is 7.29. The van der Waals surface area contributed by atoms with Crippen molar-refractivity contribution in [1.29, 1.82) is 0 Å². The SMILES string of the molecule is C=CC1=C(C)C2=NC1=CC1=NC(=CC3=C(C)C4=C(O)CC(=C5NC(=C2)C(C)C5CCC(=O)NCCNC(=O)CC)C4=N3)C(CC)=C1C. The third-order valence-electron chi connectivity index (χ3n) is 10.1. The van der Waals surface area contributed by atoms with E-state index >= 15 is 0 Å². The number of carbonyl (C=O) groups is 2. The smallest absolute Gasteiger partial charge is 0.220 e. The number of amides is 2. The quantitative estimate of drug-likeness (QED) is 0.224. The number of nitrogens with zero attached hydrogens (tertiary/aromatic N) is 3. The van der Waals surface area contributed by atoms with Crippen LogP contribution < -0.4 is 16.0 Å². The molecule has 2 atom stereocenters. The molecule has 1 aliphatic carbocycles. The lowest BCUT2D eigenvalue weighted by atomic mass is 9.86. The van der Waals surface area contributed by atoms with E-state index in [0.29, 0.717) is 44.5 Å². The van der Waals surface area contributed by atoms with Gasteiger partial charge in [0, 0.05) is 72.3 Å². The number of hydrogen-bond acceptors (Lipinski definition) is 7. The van der Waals surface area contributed by atoms with Crippen LogP contribution in [0.3, 0.4) is 0 Å². The average molecular weight is 633 g/mol. The number of aliphatic imine (C=N–C) groups is 3. The molecule has 6 aliphatic rings. The lowest BCUT2D eigenvalue weighted by Crippen LogP contribution is -2.34. The summed E-state index contributed by atoms with van der Waals surface area (Å²) in [6.07, 6.45) is 10.6. The predicted molar refractivity (Wildman–Crippen MR) is 188 cm³/mol. The minimum absolute atomic E-state index is 0.00550. The van der Waals surface area contributed by atoms with Gasteiger partial charge in [-0.25, -0.2) is 15.0 Å². The van der Waals surface area contributed by atoms with Crippen molar-refractivity contribution in [1.82, 2.24) is 16.0 Å². The normalized spacial score (nSPS) is 23.1. The van der Waals surface area contributed by atoms with Crippen molar-refractivity contribution in [2.75, 3.05) is 13.1 Å². The van der Waals surface area contributed by atoms with Gasteiger partial charge in [-0.1, -0.05) is 33.4 Å². The van der Waals surface area contributed by atoms with Gasteiger partial charge in [0.15, 0.2) is 0 Å². The lowest BCUT2D eigenvalue weighted by Gasteiger charge is -2.18. The van der Waals surface area contributed by atoms with E-state index in [-0.39, 0.29) is 23.7 Å². The van der Waals surface area contributed by atoms with Crippen molar-refractivity contribution < 1.29 is 14.7 Å². The summed E-state index contributed by atoms with van der Waals surface area (Å²) in [5.74, 6) is 0.274. The largest absolute Gasteiger partial charge is 0.511 e. The van der Waals surface area contributed by atoms with Gasteiger partial charge in [0.05, 0.1) is 34.2 Å². The zero-order chi connectivity index (χ0) is 33.6. The van der Waals surface area contributed by atoms with Gasteiger partial charge in [0.1, 0.15) is 5.76 Å². The van der Waals surface area contributed by atoms with Crippen molar-refractivity contribution in [3.05, 3.63) is 104 Å². The number of hydrogen-bond donors (Lipinski definition) is 4. The molecule has 5 heterocycles. The first-order valence-electron chi connectivity index (χ1n) is 16.7. The summed E-state index contributed by atoms with van der Waals surface area (Å²) in [4.78, 5) is 39.7. The Kier molecular flexibility index (Phi) is 8.74. The van der Waals surface area contributed by atoms with Crippen LogP contribution in [0.25, 0.3) is 0 Å². The Morgan fingerprint density at radius 2 is 1.68 bits per heavy atom. The molecule has 2 amide bonds. The van der Waals surface area contributed by atoms with E-state index in [1.807, 2.05) is 19.1 Å². The van der Waals surface area contributed by atoms with Crippen LogP contribution in [0.5, 0.6) is 0 Å². The molecular weight excluding hydrogens is 588 g/mol. The van der Waals surface area contributed by atoms with Crippen LogP contribution in [0.4, 0.5) is 0 Å². The molecule has 0 saturated carbocycles. The minimum atomic E-state index is -0.0587. The molecule has 0 aromatic rings. The van der Waals surface area contributed by atoms with E-state index in [0.717, 1.165) is 85.5 Å². The average Bonchev–Trinajstić information content (AvgIpc) is 3.80. The number of aliphatic hydroxyl groups excluding tert-OH is 1. The first kappa shape index (κ1) is 32.2. The highest BCUT2D eigenvalue weighted by atomic mass is 16.3. The van der Waals surface area contributed by atoms with Gasteiger partial charge in [-0.3, -0.25) is 9.59 Å². The number of nitrogens with one attached hydrogen (secondary N) is 3. The topological polar surface area (TPSA) is 128 Å². The Labute approximate surface area is 276 Å². The fourth-order valence-electron chi connectivity index (χ4n) is 7.29. The second kappa shape index (κ2) is 12.8. The van der Waals surface area contributed by atoms with Crippen LogP contribution >= 0.6 is 0 Å². The van der Waals surface area contributed by atoms with Gasteiger partial charge in [-0.2, -0.15) is 0 Å². The molecule has 2 unspecified atom stereocenters. The minimum Gasteiger partial charge on any atom is -0.511 e. The molecule has 0 radical (unpaired) electrons. The van der Waals surface area contributed by atoms with Crippen LogP contribution in [0.15, 0.2) is 119 Å². The van der Waals surface area contributed by atoms with E-state index in [9.17, 15) is 14.7 Å². The first-order chi connectivity index (χ1) is 22.6. The third-order valence-corrected chi connectivity index (χ3v) is 10.1. The van der Waals surface area contributed by atoms with Crippen molar-refractivity contribution >= 4 is 28.9 Å². The molecule has 4 N–H and O–H groups in total. The Bertz CT molecular complexity index is 1850. The number of carbonyl (C=O) groups excluding carboxylic acids is 2. The first-order valence-corrected chi connectivity index (χ1v) is 16.7. The monoisotopic (exact) mass is 632 g/mol. The summed E-state index contributed by atoms with van der Waals surface area (Å²) in [7, 11) is 0. The van der Waals surface area contributed by atoms with E-state index < -0.39 is 0 Å². The Morgan fingerprint density at radius 1 is 0.979 bits per heavy atom. The molecule has 9 nitrogen and oxygen atoms in total. The van der Waals surface area contributed by atoms with Gasteiger partial charge in [-0.15, -0.1) is 0 Å². The van der Waals surface area contributed by atoms with Crippen molar-refractivity contribution in [2.24, 2.45) is 26.8 Å². The van der Waals surface area contributed by atoms with Gasteiger partial charge < -0.3 is 21.1 Å². The molecular formula is C38H44N6O3. The Balaban J connectivity index is 1.42. The maximum Gasteiger partial charge on any atom is 0.220 e. The van der Waals surface area contributed by atoms with Gasteiger partial charge in [0.25, 0.3) is 0 Å². The molecule has 47 heavy (non-hydrogen) atoms. The van der Waals surface area contributed by atoms with E-state index in [1.54, 1.807) is 6.92 Å². The summed E-state index contributed by atoms with van der Waals surface area (Å²) >= 11 is 0. The van der Waals surface area contributed by atoms with Crippen LogP contribution in [-0.4, -0.2) is 47.1 Å². The number of rotatable bonds is 9. The number of aliphatic hydroxyl groups is 1. The van der Waals surface area contributed by atoms with E-state index in [1.165, 1.54) is 5.57 Å². The zero-order valence-corrected chi connectivity index (χ0v) is 28.2. The Hall–Kier alpha value is -4.79. The molecule has 5 aliphatic heterocycles. The number of fused-ring (bicyclic) bond motifs is 5. The fraction of sp³-hybridized carbons (Fsp3) is 0.395. The summed E-state index contributed by atoms with van der Waals surface area (Å²) in [5, 5.41) is 20.8. The van der Waals surface area contributed by atoms with Crippen LogP contribution in [0.1, 0.15) is 73.6 Å². The Morgan fingerprint density at radius 3 is 2.38 bits per heavy atom. The summed E-state index contributed by atoms with van der Waals surface area (Å²) in [6.45, 7) is 17.2. The highest BCUT2D eigenvalue weighted by molar-refractivity contribution is 6.21. The molecule has 8 bridgehead atoms. The molecule has 1 saturated heterocycles. The predicted octanol–water partition coefficient (Wildman–Crippen LogP) is 6.27. The van der Waals surface area contributed by atoms with Gasteiger partial charge in [0.2, 0.25) is 11.8 Å². The van der Waals surface area contributed by atoms with E-state index in [2.05, 4.69) is 62.4 Å². The van der Waals surface area contributed by atoms with Crippen LogP contribution in [0.2, 0.25) is 0 Å². The zero-order valence-electron chi connectivity index (χ0n) is 28.2. The third kappa shape index (κ3) is 5.72. The second-order valence-electron chi connectivity index (χ2n) is 12.8. The van der Waals surface area contributed by atoms with Crippen LogP contribution in [-0.2, 0) is 9.59 Å². The standard InChI is InChI=1S/C38H44N6O3/c1-8-23-19(4)27-16-29-21(6)25(11-12-35(47)40-14-13-39-34(46)10-3)37(43-29)26-15-33(45)36-22(7)30(44-38(26)36)18-32-24(9-2)20(5)28(42-32)17-31(23)41-27/h8,16-18,21,25,43,45H,1,9-15H2,2-7H3,(H,39,46)(H,40,47). The summed E-state index contributed by atoms with van der Waals surface area (Å²) in [6, 6.07) is 0. The molecule has 244 valence electrons. The highest BCUT2D eigenvalue weighted by Crippen LogP contribution is 2.46. The van der Waals surface area contributed by atoms with Gasteiger partial charge in [-0.05, 0) is 74.1 Å². The second-order valence-corrected chi connectivity index (χ2v) is 12.8. The maximum absolute atomic E-state index is 12.9. The molecule has 1 fully saturated rings. The molecule has 0 aromatic heterocycles. The summed E-state index contributed by atoms with van der Waals surface area (Å²) < 4.78 is 0. The van der Waals surface area contributed by atoms with Crippen LogP contribution in [0, 0.1) is 11.8 Å². The number of allylic oxidation sites excluding steroid dienone is 12. The maximum atomic E-state index is 12.9. The molecule has 0 spiro atoms. The lowest BCUT2D eigenvalue weighted by molar-refractivity contribution is -0.122. The molecule has 0 aromatic carbocycles. The highest BCUT2D eigenvalue weighted by Gasteiger charge is 2.41. The van der Waals surface area contributed by atoms with E-state index in [4.69, 9.17) is 15.0 Å². The van der Waals surface area contributed by atoms with Crippen molar-refractivity contribution in [2.45, 2.75) is 73.6 Å². The molecule has 9 heteroatoms. The van der Waals surface area contributed by atoms with Crippen molar-refractivity contribution in [3.63, 3.8) is 0 Å². The van der Waals surface area contributed by atoms with Gasteiger partial charge >= 0.3 is 0 Å².